The molecule has 1 aliphatic rings. The van der Waals surface area contributed by atoms with Gasteiger partial charge in [-0.3, -0.25) is 4.98 Å². The summed E-state index contributed by atoms with van der Waals surface area (Å²) in [5.41, 5.74) is -0.652. The van der Waals surface area contributed by atoms with Crippen molar-refractivity contribution >= 4 is 21.9 Å². The molecule has 14 heteroatoms. The second-order valence-corrected chi connectivity index (χ2v) is 11.0. The molecule has 40 heavy (non-hydrogen) atoms. The van der Waals surface area contributed by atoms with Crippen LogP contribution in [0.5, 0.6) is 0 Å². The van der Waals surface area contributed by atoms with E-state index in [2.05, 4.69) is 36.7 Å². The quantitative estimate of drug-likeness (QED) is 0.210. The molecule has 2 aromatic heterocycles. The molecule has 0 bridgehead atoms. The zero-order valence-electron chi connectivity index (χ0n) is 22.1. The molecule has 0 atom stereocenters. The highest BCUT2D eigenvalue weighted by Gasteiger charge is 2.37. The van der Waals surface area contributed by atoms with Crippen LogP contribution in [0.2, 0.25) is 0 Å². The van der Waals surface area contributed by atoms with Gasteiger partial charge in [-0.1, -0.05) is 17.9 Å². The summed E-state index contributed by atoms with van der Waals surface area (Å²) in [5.74, 6) is 0.738. The van der Waals surface area contributed by atoms with Crippen LogP contribution in [0.25, 0.3) is 0 Å². The van der Waals surface area contributed by atoms with Crippen molar-refractivity contribution in [2.45, 2.75) is 64.5 Å². The lowest BCUT2D eigenvalue weighted by molar-refractivity contribution is -0.143. The van der Waals surface area contributed by atoms with Gasteiger partial charge in [0, 0.05) is 36.2 Å². The van der Waals surface area contributed by atoms with Crippen LogP contribution in [0.3, 0.4) is 0 Å². The van der Waals surface area contributed by atoms with Gasteiger partial charge >= 0.3 is 12.4 Å². The number of pyridine rings is 1. The number of hydrogen-bond acceptors (Lipinski definition) is 6. The predicted molar refractivity (Wildman–Crippen MR) is 140 cm³/mol. The van der Waals surface area contributed by atoms with E-state index in [0.717, 1.165) is 40.1 Å². The number of anilines is 1. The summed E-state index contributed by atoms with van der Waals surface area (Å²) < 4.78 is 81.7. The molecule has 3 aromatic rings. The molecule has 1 fully saturated rings. The van der Waals surface area contributed by atoms with E-state index in [1.165, 1.54) is 42.4 Å². The summed E-state index contributed by atoms with van der Waals surface area (Å²) >= 11 is 3.49. The van der Waals surface area contributed by atoms with E-state index in [4.69, 9.17) is 4.98 Å². The van der Waals surface area contributed by atoms with Crippen molar-refractivity contribution in [3.63, 3.8) is 0 Å². The van der Waals surface area contributed by atoms with Crippen LogP contribution in [-0.4, -0.2) is 38.3 Å². The molecule has 218 valence electrons. The van der Waals surface area contributed by atoms with Crippen molar-refractivity contribution in [1.82, 2.24) is 30.5 Å². The Bertz CT molecular complexity index is 1270. The molecule has 0 radical (unpaired) electrons. The Morgan fingerprint density at radius 1 is 1.00 bits per heavy atom. The number of nitrogens with one attached hydrogen (secondary N) is 1. The van der Waals surface area contributed by atoms with Crippen LogP contribution in [0, 0.1) is 12.8 Å². The zero-order valence-corrected chi connectivity index (χ0v) is 23.7. The maximum absolute atomic E-state index is 13.5. The maximum Gasteiger partial charge on any atom is 0.416 e. The molecule has 0 unspecified atom stereocenters. The summed E-state index contributed by atoms with van der Waals surface area (Å²) in [6.07, 6.45) is -4.34. The van der Waals surface area contributed by atoms with E-state index >= 15 is 0 Å². The molecule has 1 aliphatic carbocycles. The first-order valence-electron chi connectivity index (χ1n) is 12.9. The molecule has 7 nitrogen and oxygen atoms in total. The highest BCUT2D eigenvalue weighted by atomic mass is 79.9. The van der Waals surface area contributed by atoms with Gasteiger partial charge in [0.15, 0.2) is 0 Å². The van der Waals surface area contributed by atoms with Crippen molar-refractivity contribution in [2.24, 2.45) is 13.0 Å². The predicted octanol–water partition coefficient (Wildman–Crippen LogP) is 6.24. The molecular formula is C26H30BrF6N7. The number of alkyl halides is 6. The minimum absolute atomic E-state index is 0.0653. The smallest absolute Gasteiger partial charge is 0.329 e. The van der Waals surface area contributed by atoms with Crippen LogP contribution >= 0.6 is 15.9 Å². The van der Waals surface area contributed by atoms with Crippen LogP contribution in [0.1, 0.15) is 59.3 Å². The molecule has 0 spiro atoms. The zero-order chi connectivity index (χ0) is 29.1. The minimum Gasteiger partial charge on any atom is -0.329 e. The van der Waals surface area contributed by atoms with Gasteiger partial charge in [-0.2, -0.15) is 31.1 Å². The Labute approximate surface area is 236 Å². The highest BCUT2D eigenvalue weighted by molar-refractivity contribution is 9.10. The van der Waals surface area contributed by atoms with Gasteiger partial charge < -0.3 is 10.2 Å². The van der Waals surface area contributed by atoms with Crippen molar-refractivity contribution in [2.75, 3.05) is 18.0 Å². The van der Waals surface area contributed by atoms with Crippen LogP contribution in [0.15, 0.2) is 28.7 Å². The summed E-state index contributed by atoms with van der Waals surface area (Å²) in [6, 6.07) is 3.42. The van der Waals surface area contributed by atoms with E-state index < -0.39 is 23.5 Å². The molecular weight excluding hydrogens is 604 g/mol. The van der Waals surface area contributed by atoms with E-state index in [1.54, 1.807) is 0 Å². The first-order valence-corrected chi connectivity index (χ1v) is 13.7. The second-order valence-electron chi connectivity index (χ2n) is 10.1. The number of aromatic nitrogens is 5. The van der Waals surface area contributed by atoms with Crippen LogP contribution in [-0.2, 0) is 38.9 Å². The molecule has 0 aliphatic heterocycles. The second kappa shape index (κ2) is 12.4. The van der Waals surface area contributed by atoms with Gasteiger partial charge in [-0.05, 0) is 88.8 Å². The van der Waals surface area contributed by atoms with Gasteiger partial charge in [0.2, 0.25) is 0 Å². The summed E-state index contributed by atoms with van der Waals surface area (Å²) in [4.78, 5) is 7.39. The van der Waals surface area contributed by atoms with Crippen molar-refractivity contribution in [3.8, 4) is 0 Å². The van der Waals surface area contributed by atoms with E-state index in [1.807, 2.05) is 13.0 Å². The fraction of sp³-hybridized carbons (Fsp3) is 0.538. The summed E-state index contributed by atoms with van der Waals surface area (Å²) in [7, 11) is 1.52. The topological polar surface area (TPSA) is 71.8 Å². The third kappa shape index (κ3) is 7.93. The Hall–Kier alpha value is -2.74. The van der Waals surface area contributed by atoms with Gasteiger partial charge in [0.25, 0.3) is 5.95 Å². The number of hydrogen-bond donors (Lipinski definition) is 1. The minimum atomic E-state index is -4.95. The first kappa shape index (κ1) is 30.2. The lowest BCUT2D eigenvalue weighted by atomic mass is 10.0. The van der Waals surface area contributed by atoms with Crippen molar-refractivity contribution < 1.29 is 26.3 Å². The number of tetrazole rings is 1. The number of halogens is 7. The van der Waals surface area contributed by atoms with Gasteiger partial charge in [0.1, 0.15) is 0 Å². The average molecular weight is 634 g/mol. The van der Waals surface area contributed by atoms with Crippen molar-refractivity contribution in [1.29, 1.82) is 0 Å². The molecule has 1 N–H and O–H groups in total. The molecule has 4 rings (SSSR count). The van der Waals surface area contributed by atoms with E-state index in [9.17, 15) is 26.3 Å². The highest BCUT2D eigenvalue weighted by Crippen LogP contribution is 2.37. The SMILES string of the molecule is Cc1nc(CCNCC2CCCC2)c(CN(Cc2cc(C(F)(F)F)cc(C(F)(F)F)c2)c2nnn(C)n2)cc1Br. The lowest BCUT2D eigenvalue weighted by Gasteiger charge is -2.24. The monoisotopic (exact) mass is 633 g/mol. The van der Waals surface area contributed by atoms with E-state index in [-0.39, 0.29) is 30.7 Å². The third-order valence-electron chi connectivity index (χ3n) is 6.93. The Morgan fingerprint density at radius 3 is 2.23 bits per heavy atom. The molecule has 1 saturated carbocycles. The molecule has 0 amide bonds. The standard InChI is InChI=1S/C26H30BrF6N7/c1-16-22(27)11-19(23(35-16)7-8-34-13-17-5-3-4-6-17)15-40(24-36-38-39(2)37-24)14-18-9-20(25(28,29)30)12-21(10-18)26(31,32)33/h9-12,17,34H,3-8,13-15H2,1-2H3. The van der Waals surface area contributed by atoms with Crippen LogP contribution in [0.4, 0.5) is 32.3 Å². The van der Waals surface area contributed by atoms with Gasteiger partial charge in [-0.15, -0.1) is 5.10 Å². The molecule has 1 aromatic carbocycles. The van der Waals surface area contributed by atoms with Crippen molar-refractivity contribution in [3.05, 3.63) is 62.4 Å². The van der Waals surface area contributed by atoms with E-state index in [0.29, 0.717) is 18.9 Å². The third-order valence-corrected chi connectivity index (χ3v) is 7.73. The Kier molecular flexibility index (Phi) is 9.38. The average Bonchev–Trinajstić information content (AvgIpc) is 3.55. The van der Waals surface area contributed by atoms with Gasteiger partial charge in [0.05, 0.1) is 23.9 Å². The summed E-state index contributed by atoms with van der Waals surface area (Å²) in [5, 5.41) is 15.4. The van der Waals surface area contributed by atoms with Gasteiger partial charge in [-0.25, -0.2) is 0 Å². The Balaban J connectivity index is 1.62. The van der Waals surface area contributed by atoms with Crippen LogP contribution < -0.4 is 10.2 Å². The maximum atomic E-state index is 13.5. The molecule has 2 heterocycles. The Morgan fingerprint density at radius 2 is 1.65 bits per heavy atom. The lowest BCUT2D eigenvalue weighted by Crippen LogP contribution is -2.27. The first-order chi connectivity index (χ1) is 18.8. The summed E-state index contributed by atoms with van der Waals surface area (Å²) in [6.45, 7) is 3.24. The normalized spacial score (nSPS) is 14.7. The fourth-order valence-electron chi connectivity index (χ4n) is 4.88. The fourth-order valence-corrected chi connectivity index (χ4v) is 5.25. The largest absolute Gasteiger partial charge is 0.416 e. The molecule has 0 saturated heterocycles. The number of nitrogens with zero attached hydrogens (tertiary/aromatic N) is 6. The number of aryl methyl sites for hydroxylation is 2. The number of benzene rings is 1. The number of rotatable bonds is 10.